The van der Waals surface area contributed by atoms with Crippen molar-refractivity contribution in [3.8, 4) is 23.8 Å². The van der Waals surface area contributed by atoms with Gasteiger partial charge in [-0.1, -0.05) is 30.0 Å². The molecule has 36 heavy (non-hydrogen) atoms. The smallest absolute Gasteiger partial charge is 0.291 e. The third-order valence-electron chi connectivity index (χ3n) is 5.84. The van der Waals surface area contributed by atoms with Crippen molar-refractivity contribution < 1.29 is 13.9 Å². The number of piperazine rings is 1. The number of pyridine rings is 1. The highest BCUT2D eigenvalue weighted by Crippen LogP contribution is 2.39. The molecule has 10 nitrogen and oxygen atoms in total. The first-order chi connectivity index (χ1) is 17.5. The van der Waals surface area contributed by atoms with Gasteiger partial charge in [-0.05, 0) is 26.1 Å². The number of primary amides is 1. The molecule has 1 aliphatic heterocycles. The van der Waals surface area contributed by atoms with Crippen LogP contribution in [-0.4, -0.2) is 72.8 Å². The third-order valence-corrected chi connectivity index (χ3v) is 6.84. The van der Waals surface area contributed by atoms with Crippen molar-refractivity contribution >= 4 is 34.5 Å². The molecule has 0 spiro atoms. The number of fused-ring (bicyclic) bond motifs is 1. The zero-order valence-corrected chi connectivity index (χ0v) is 20.8. The number of nitrogens with one attached hydrogen (secondary N) is 1. The average molecular weight is 506 g/mol. The van der Waals surface area contributed by atoms with Crippen LogP contribution in [0.3, 0.4) is 0 Å². The van der Waals surface area contributed by atoms with Crippen LogP contribution in [0.4, 0.5) is 5.82 Å². The number of nitrogens with zero attached hydrogens (tertiary/aromatic N) is 5. The zero-order chi connectivity index (χ0) is 25.5. The Balaban J connectivity index is 1.59. The van der Waals surface area contributed by atoms with Crippen molar-refractivity contribution in [2.24, 2.45) is 5.73 Å². The maximum atomic E-state index is 11.4. The van der Waals surface area contributed by atoms with Crippen LogP contribution in [0.5, 0.6) is 11.7 Å². The van der Waals surface area contributed by atoms with Crippen molar-refractivity contribution in [2.75, 3.05) is 57.4 Å². The maximum absolute atomic E-state index is 11.4. The molecule has 1 amide bonds. The number of hydrogen-bond acceptors (Lipinski definition) is 10. The predicted octanol–water partition coefficient (Wildman–Crippen LogP) is 2.99. The first kappa shape index (κ1) is 25.3. The van der Waals surface area contributed by atoms with Crippen molar-refractivity contribution in [2.45, 2.75) is 11.4 Å². The van der Waals surface area contributed by atoms with E-state index in [2.05, 4.69) is 39.3 Å². The standard InChI is InChI=1S/C25H27N7O3S/c1-31-9-11-32(12-10-31)8-4-7-29-24-18(14-26)23(19(15-27)25(30-24)36-16-21(28)33)35-22-13-17-5-2-3-6-20(17)34-22/h2-3,5-6,13H,4,7-12,16H2,1H3,(H2,28,33)(H,29,30). The molecule has 0 atom stereocenters. The molecule has 1 aromatic carbocycles. The van der Waals surface area contributed by atoms with E-state index in [0.717, 1.165) is 56.3 Å². The fourth-order valence-electron chi connectivity index (χ4n) is 3.91. The Morgan fingerprint density at radius 2 is 1.97 bits per heavy atom. The van der Waals surface area contributed by atoms with Crippen LogP contribution in [0, 0.1) is 22.7 Å². The Hall–Kier alpha value is -3.77. The van der Waals surface area contributed by atoms with Gasteiger partial charge in [0, 0.05) is 44.2 Å². The molecular weight excluding hydrogens is 478 g/mol. The van der Waals surface area contributed by atoms with Crippen LogP contribution < -0.4 is 15.8 Å². The van der Waals surface area contributed by atoms with Crippen LogP contribution in [0.2, 0.25) is 0 Å². The van der Waals surface area contributed by atoms with Crippen molar-refractivity contribution in [1.29, 1.82) is 10.5 Å². The molecule has 11 heteroatoms. The summed E-state index contributed by atoms with van der Waals surface area (Å²) < 4.78 is 11.7. The number of amides is 1. The molecule has 2 aromatic heterocycles. The Morgan fingerprint density at radius 3 is 2.67 bits per heavy atom. The van der Waals surface area contributed by atoms with E-state index in [0.29, 0.717) is 12.1 Å². The normalized spacial score (nSPS) is 14.3. The molecular formula is C25H27N7O3S. The second kappa shape index (κ2) is 11.8. The summed E-state index contributed by atoms with van der Waals surface area (Å²) in [4.78, 5) is 20.6. The molecule has 186 valence electrons. The number of carbonyl (C=O) groups is 1. The zero-order valence-electron chi connectivity index (χ0n) is 20.0. The fraction of sp³-hybridized carbons (Fsp3) is 0.360. The lowest BCUT2D eigenvalue weighted by molar-refractivity contribution is -0.115. The summed E-state index contributed by atoms with van der Waals surface area (Å²) in [6.07, 6.45) is 0.847. The van der Waals surface area contributed by atoms with E-state index in [9.17, 15) is 15.3 Å². The average Bonchev–Trinajstić information content (AvgIpc) is 3.28. The number of ether oxygens (including phenoxy) is 1. The monoisotopic (exact) mass is 505 g/mol. The fourth-order valence-corrected chi connectivity index (χ4v) is 4.63. The molecule has 3 N–H and O–H groups in total. The molecule has 1 saturated heterocycles. The number of hydrogen-bond donors (Lipinski definition) is 2. The maximum Gasteiger partial charge on any atom is 0.291 e. The van der Waals surface area contributed by atoms with Gasteiger partial charge in [0.15, 0.2) is 5.75 Å². The summed E-state index contributed by atoms with van der Waals surface area (Å²) in [6, 6.07) is 13.3. The quantitative estimate of drug-likeness (QED) is 0.311. The second-order valence-electron chi connectivity index (χ2n) is 8.45. The van der Waals surface area contributed by atoms with Gasteiger partial charge in [0.25, 0.3) is 5.95 Å². The van der Waals surface area contributed by atoms with Gasteiger partial charge < -0.3 is 30.0 Å². The highest BCUT2D eigenvalue weighted by atomic mass is 32.2. The van der Waals surface area contributed by atoms with E-state index in [1.807, 2.05) is 18.2 Å². The van der Waals surface area contributed by atoms with Gasteiger partial charge in [-0.3, -0.25) is 4.79 Å². The van der Waals surface area contributed by atoms with Crippen molar-refractivity contribution in [3.63, 3.8) is 0 Å². The van der Waals surface area contributed by atoms with Crippen molar-refractivity contribution in [1.82, 2.24) is 14.8 Å². The van der Waals surface area contributed by atoms with Crippen LogP contribution >= 0.6 is 11.8 Å². The van der Waals surface area contributed by atoms with Gasteiger partial charge >= 0.3 is 0 Å². The molecule has 0 saturated carbocycles. The Labute approximate surface area is 213 Å². The number of para-hydroxylation sites is 1. The number of furan rings is 1. The lowest BCUT2D eigenvalue weighted by Crippen LogP contribution is -2.44. The van der Waals surface area contributed by atoms with Crippen LogP contribution in [0.15, 0.2) is 39.8 Å². The predicted molar refractivity (Wildman–Crippen MR) is 137 cm³/mol. The molecule has 3 heterocycles. The summed E-state index contributed by atoms with van der Waals surface area (Å²) in [6.45, 7) is 5.64. The number of anilines is 1. The van der Waals surface area contributed by atoms with Gasteiger partial charge in [0.05, 0.1) is 5.75 Å². The highest BCUT2D eigenvalue weighted by molar-refractivity contribution is 8.00. The summed E-state index contributed by atoms with van der Waals surface area (Å²) >= 11 is 1.02. The van der Waals surface area contributed by atoms with Gasteiger partial charge in [-0.15, -0.1) is 0 Å². The minimum Gasteiger partial charge on any atom is -0.425 e. The molecule has 3 aromatic rings. The Morgan fingerprint density at radius 1 is 1.22 bits per heavy atom. The second-order valence-corrected chi connectivity index (χ2v) is 9.42. The van der Waals surface area contributed by atoms with E-state index < -0.39 is 5.91 Å². The Bertz CT molecular complexity index is 1290. The third kappa shape index (κ3) is 6.07. The van der Waals surface area contributed by atoms with E-state index >= 15 is 0 Å². The summed E-state index contributed by atoms with van der Waals surface area (Å²) in [5, 5.41) is 24.2. The number of nitrogens with two attached hydrogens (primary N) is 1. The molecule has 0 aliphatic carbocycles. The number of aromatic nitrogens is 1. The van der Waals surface area contributed by atoms with Crippen molar-refractivity contribution in [3.05, 3.63) is 41.5 Å². The van der Waals surface area contributed by atoms with E-state index in [4.69, 9.17) is 14.9 Å². The number of nitriles is 2. The van der Waals surface area contributed by atoms with Crippen LogP contribution in [0.1, 0.15) is 17.5 Å². The number of carbonyl (C=O) groups excluding carboxylic acids is 1. The van der Waals surface area contributed by atoms with Gasteiger partial charge in [-0.25, -0.2) is 4.98 Å². The van der Waals surface area contributed by atoms with Gasteiger partial charge in [0.1, 0.15) is 39.7 Å². The number of likely N-dealkylation sites (N-methyl/N-ethyl adjacent to an activating group) is 1. The minimum absolute atomic E-state index is 0.0302. The summed E-state index contributed by atoms with van der Waals surface area (Å²) in [5.74, 6) is -0.158. The SMILES string of the molecule is CN1CCN(CCCNc2nc(SCC(N)=O)c(C#N)c(Oc3cc4ccccc4o3)c2C#N)CC1. The topological polar surface area (TPSA) is 144 Å². The lowest BCUT2D eigenvalue weighted by atomic mass is 10.1. The lowest BCUT2D eigenvalue weighted by Gasteiger charge is -2.32. The van der Waals surface area contributed by atoms with E-state index in [1.54, 1.807) is 12.1 Å². The molecule has 0 radical (unpaired) electrons. The van der Waals surface area contributed by atoms with Gasteiger partial charge in [0.2, 0.25) is 5.91 Å². The number of thioether (sulfide) groups is 1. The molecule has 1 fully saturated rings. The van der Waals surface area contributed by atoms with E-state index in [-0.39, 0.29) is 39.4 Å². The number of rotatable bonds is 10. The first-order valence-electron chi connectivity index (χ1n) is 11.6. The molecule has 0 bridgehead atoms. The summed E-state index contributed by atoms with van der Waals surface area (Å²) in [5.41, 5.74) is 6.07. The molecule has 4 rings (SSSR count). The van der Waals surface area contributed by atoms with Gasteiger partial charge in [-0.2, -0.15) is 10.5 Å². The first-order valence-corrected chi connectivity index (χ1v) is 12.6. The van der Waals surface area contributed by atoms with Crippen LogP contribution in [0.25, 0.3) is 11.0 Å². The minimum atomic E-state index is -0.545. The molecule has 0 unspecified atom stereocenters. The van der Waals surface area contributed by atoms with E-state index in [1.165, 1.54) is 0 Å². The van der Waals surface area contributed by atoms with Crippen LogP contribution in [-0.2, 0) is 4.79 Å². The highest BCUT2D eigenvalue weighted by Gasteiger charge is 2.24. The largest absolute Gasteiger partial charge is 0.425 e. The summed E-state index contributed by atoms with van der Waals surface area (Å²) in [7, 11) is 2.12. The number of benzene rings is 1. The Kier molecular flexibility index (Phi) is 8.28. The molecule has 1 aliphatic rings.